The quantitative estimate of drug-likeness (QED) is 0.696. The number of hydrogen-bond acceptors (Lipinski definition) is 3. The minimum atomic E-state index is -0.368. The van der Waals surface area contributed by atoms with Gasteiger partial charge in [0.25, 0.3) is 5.91 Å². The second kappa shape index (κ2) is 8.27. The standard InChI is InChI=1S/C21H20N4O3/c1-3-15-5-4-6-17(12-15)24-19(26)13-23-20(27)16-7-8-18(14(2)11-16)25-10-9-22-21(25)28/h1,4-8,11-12H,9-10,13H2,2H3,(H,22,28)(H,23,27)(H,24,26). The summed E-state index contributed by atoms with van der Waals surface area (Å²) in [6.07, 6.45) is 5.34. The van der Waals surface area contributed by atoms with Crippen LogP contribution in [-0.2, 0) is 4.79 Å². The Morgan fingerprint density at radius 3 is 2.75 bits per heavy atom. The van der Waals surface area contributed by atoms with E-state index in [4.69, 9.17) is 6.42 Å². The van der Waals surface area contributed by atoms with E-state index in [1.165, 1.54) is 0 Å². The fourth-order valence-electron chi connectivity index (χ4n) is 2.96. The summed E-state index contributed by atoms with van der Waals surface area (Å²) in [5.74, 6) is 1.77. The van der Waals surface area contributed by atoms with E-state index < -0.39 is 0 Å². The van der Waals surface area contributed by atoms with E-state index in [9.17, 15) is 14.4 Å². The molecule has 3 N–H and O–H groups in total. The summed E-state index contributed by atoms with van der Waals surface area (Å²) >= 11 is 0. The maximum atomic E-state index is 12.3. The van der Waals surface area contributed by atoms with Gasteiger partial charge in [0, 0.05) is 35.6 Å². The molecule has 0 aliphatic carbocycles. The van der Waals surface area contributed by atoms with Gasteiger partial charge in [0.15, 0.2) is 0 Å². The Morgan fingerprint density at radius 1 is 1.25 bits per heavy atom. The van der Waals surface area contributed by atoms with Crippen molar-refractivity contribution in [3.8, 4) is 12.3 Å². The number of carbonyl (C=O) groups excluding carboxylic acids is 3. The molecule has 1 aliphatic rings. The molecule has 0 aromatic heterocycles. The third kappa shape index (κ3) is 4.30. The summed E-state index contributed by atoms with van der Waals surface area (Å²) in [4.78, 5) is 37.8. The van der Waals surface area contributed by atoms with Crippen LogP contribution in [0.2, 0.25) is 0 Å². The van der Waals surface area contributed by atoms with Gasteiger partial charge in [-0.3, -0.25) is 14.5 Å². The van der Waals surface area contributed by atoms with Gasteiger partial charge >= 0.3 is 6.03 Å². The SMILES string of the molecule is C#Cc1cccc(NC(=O)CNC(=O)c2ccc(N3CCNC3=O)c(C)c2)c1. The van der Waals surface area contributed by atoms with Crippen LogP contribution in [-0.4, -0.2) is 37.5 Å². The van der Waals surface area contributed by atoms with Crippen molar-refractivity contribution in [1.29, 1.82) is 0 Å². The predicted molar refractivity (Wildman–Crippen MR) is 107 cm³/mol. The molecule has 7 nitrogen and oxygen atoms in total. The van der Waals surface area contributed by atoms with Crippen molar-refractivity contribution in [2.24, 2.45) is 0 Å². The Hall–Kier alpha value is -3.79. The Labute approximate surface area is 163 Å². The highest BCUT2D eigenvalue weighted by Gasteiger charge is 2.23. The van der Waals surface area contributed by atoms with E-state index in [1.54, 1.807) is 47.4 Å². The Kier molecular flexibility index (Phi) is 5.61. The molecule has 0 unspecified atom stereocenters. The van der Waals surface area contributed by atoms with E-state index in [2.05, 4.69) is 21.9 Å². The van der Waals surface area contributed by atoms with E-state index >= 15 is 0 Å². The summed E-state index contributed by atoms with van der Waals surface area (Å²) < 4.78 is 0. The number of terminal acetylenes is 1. The van der Waals surface area contributed by atoms with Crippen molar-refractivity contribution in [2.75, 3.05) is 29.9 Å². The molecule has 4 amide bonds. The maximum Gasteiger partial charge on any atom is 0.322 e. The Morgan fingerprint density at radius 2 is 2.07 bits per heavy atom. The van der Waals surface area contributed by atoms with Crippen molar-refractivity contribution in [1.82, 2.24) is 10.6 Å². The lowest BCUT2D eigenvalue weighted by atomic mass is 10.1. The predicted octanol–water partition coefficient (Wildman–Crippen LogP) is 1.87. The molecule has 28 heavy (non-hydrogen) atoms. The number of urea groups is 1. The zero-order valence-electron chi connectivity index (χ0n) is 15.4. The monoisotopic (exact) mass is 376 g/mol. The van der Waals surface area contributed by atoms with Gasteiger partial charge in [-0.25, -0.2) is 4.79 Å². The normalized spacial score (nSPS) is 12.9. The van der Waals surface area contributed by atoms with E-state index in [0.29, 0.717) is 29.9 Å². The first kappa shape index (κ1) is 19.0. The minimum Gasteiger partial charge on any atom is -0.343 e. The van der Waals surface area contributed by atoms with Gasteiger partial charge in [0.2, 0.25) is 5.91 Å². The molecule has 1 fully saturated rings. The van der Waals surface area contributed by atoms with Crippen molar-refractivity contribution in [3.63, 3.8) is 0 Å². The average molecular weight is 376 g/mol. The van der Waals surface area contributed by atoms with Crippen LogP contribution in [0.4, 0.5) is 16.2 Å². The molecule has 0 bridgehead atoms. The van der Waals surface area contributed by atoms with Crippen molar-refractivity contribution in [3.05, 3.63) is 59.2 Å². The maximum absolute atomic E-state index is 12.3. The van der Waals surface area contributed by atoms with Crippen LogP contribution in [0.5, 0.6) is 0 Å². The summed E-state index contributed by atoms with van der Waals surface area (Å²) in [5.41, 5.74) is 3.21. The topological polar surface area (TPSA) is 90.5 Å². The molecule has 0 saturated carbocycles. The first-order valence-corrected chi connectivity index (χ1v) is 8.78. The number of benzene rings is 2. The van der Waals surface area contributed by atoms with Gasteiger partial charge < -0.3 is 16.0 Å². The lowest BCUT2D eigenvalue weighted by Crippen LogP contribution is -2.33. The highest BCUT2D eigenvalue weighted by molar-refractivity contribution is 6.00. The van der Waals surface area contributed by atoms with E-state index in [1.807, 2.05) is 6.92 Å². The van der Waals surface area contributed by atoms with Crippen LogP contribution < -0.4 is 20.9 Å². The number of aryl methyl sites for hydroxylation is 1. The van der Waals surface area contributed by atoms with Gasteiger partial charge in [0.1, 0.15) is 0 Å². The fourth-order valence-corrected chi connectivity index (χ4v) is 2.96. The van der Waals surface area contributed by atoms with Gasteiger partial charge in [0.05, 0.1) is 6.54 Å². The molecule has 0 atom stereocenters. The van der Waals surface area contributed by atoms with Crippen molar-refractivity contribution >= 4 is 29.2 Å². The number of nitrogens with zero attached hydrogens (tertiary/aromatic N) is 1. The summed E-state index contributed by atoms with van der Waals surface area (Å²) in [6, 6.07) is 11.8. The number of rotatable bonds is 5. The molecular formula is C21H20N4O3. The Bertz CT molecular complexity index is 978. The summed E-state index contributed by atoms with van der Waals surface area (Å²) in [5, 5.41) is 8.02. The summed E-state index contributed by atoms with van der Waals surface area (Å²) in [7, 11) is 0. The molecule has 1 heterocycles. The molecule has 0 spiro atoms. The first-order valence-electron chi connectivity index (χ1n) is 8.78. The zero-order valence-corrected chi connectivity index (χ0v) is 15.4. The van der Waals surface area contributed by atoms with Crippen LogP contribution in [0.1, 0.15) is 21.5 Å². The number of anilines is 2. The molecule has 2 aromatic carbocycles. The largest absolute Gasteiger partial charge is 0.343 e. The number of nitrogens with one attached hydrogen (secondary N) is 3. The molecule has 1 aliphatic heterocycles. The Balaban J connectivity index is 1.58. The second-order valence-electron chi connectivity index (χ2n) is 6.34. The van der Waals surface area contributed by atoms with Crippen LogP contribution in [0, 0.1) is 19.3 Å². The third-order valence-electron chi connectivity index (χ3n) is 4.33. The van der Waals surface area contributed by atoms with Gasteiger partial charge in [-0.2, -0.15) is 0 Å². The second-order valence-corrected chi connectivity index (χ2v) is 6.34. The smallest absolute Gasteiger partial charge is 0.322 e. The molecule has 3 rings (SSSR count). The molecule has 7 heteroatoms. The van der Waals surface area contributed by atoms with Gasteiger partial charge in [-0.05, 0) is 48.9 Å². The van der Waals surface area contributed by atoms with Crippen molar-refractivity contribution < 1.29 is 14.4 Å². The number of hydrogen-bond donors (Lipinski definition) is 3. The lowest BCUT2D eigenvalue weighted by molar-refractivity contribution is -0.115. The lowest BCUT2D eigenvalue weighted by Gasteiger charge is -2.17. The molecule has 2 aromatic rings. The van der Waals surface area contributed by atoms with Crippen LogP contribution in [0.3, 0.4) is 0 Å². The third-order valence-corrected chi connectivity index (χ3v) is 4.33. The van der Waals surface area contributed by atoms with Crippen molar-refractivity contribution in [2.45, 2.75) is 6.92 Å². The fraction of sp³-hybridized carbons (Fsp3) is 0.190. The van der Waals surface area contributed by atoms with Gasteiger partial charge in [-0.1, -0.05) is 12.0 Å². The van der Waals surface area contributed by atoms with E-state index in [-0.39, 0.29) is 24.4 Å². The van der Waals surface area contributed by atoms with Crippen LogP contribution >= 0.6 is 0 Å². The highest BCUT2D eigenvalue weighted by Crippen LogP contribution is 2.22. The van der Waals surface area contributed by atoms with Gasteiger partial charge in [-0.15, -0.1) is 6.42 Å². The zero-order chi connectivity index (χ0) is 20.1. The highest BCUT2D eigenvalue weighted by atomic mass is 16.2. The minimum absolute atomic E-state index is 0.147. The number of amides is 4. The molecule has 0 radical (unpaired) electrons. The average Bonchev–Trinajstić information content (AvgIpc) is 3.11. The molecule has 142 valence electrons. The van der Waals surface area contributed by atoms with Crippen LogP contribution in [0.25, 0.3) is 0 Å². The van der Waals surface area contributed by atoms with E-state index in [0.717, 1.165) is 11.3 Å². The molecule has 1 saturated heterocycles. The molecular weight excluding hydrogens is 356 g/mol. The number of carbonyl (C=O) groups is 3. The summed E-state index contributed by atoms with van der Waals surface area (Å²) in [6.45, 7) is 2.85. The first-order chi connectivity index (χ1) is 13.5. The van der Waals surface area contributed by atoms with Crippen LogP contribution in [0.15, 0.2) is 42.5 Å².